The molecule has 148 valence electrons. The van der Waals surface area contributed by atoms with Gasteiger partial charge in [-0.25, -0.2) is 8.78 Å². The van der Waals surface area contributed by atoms with E-state index in [2.05, 4.69) is 40.3 Å². The molecule has 2 aromatic carbocycles. The summed E-state index contributed by atoms with van der Waals surface area (Å²) in [4.78, 5) is 5.60. The molecule has 0 spiro atoms. The van der Waals surface area contributed by atoms with Gasteiger partial charge in [0.1, 0.15) is 11.6 Å². The maximum atomic E-state index is 14.7. The number of benzene rings is 2. The molecular formula is C25H17F2NS2. The molecular weight excluding hydrogens is 416 g/mol. The number of rotatable bonds is 4. The maximum absolute atomic E-state index is 14.7. The van der Waals surface area contributed by atoms with E-state index in [1.807, 2.05) is 6.07 Å². The zero-order chi connectivity index (χ0) is 20.9. The highest BCUT2D eigenvalue weighted by atomic mass is 32.1. The van der Waals surface area contributed by atoms with E-state index in [0.717, 1.165) is 24.1 Å². The summed E-state index contributed by atoms with van der Waals surface area (Å²) in [6, 6.07) is 13.4. The van der Waals surface area contributed by atoms with Gasteiger partial charge in [-0.1, -0.05) is 23.5 Å². The number of allylic oxidation sites excluding steroid dienone is 2. The number of isothiocyanates is 1. The SMILES string of the molecule is Fc1cc(C#Cc2ccc(N=C=S)cc2)cc(F)c1-c1ccc(CC2=CCCC2)s1. The van der Waals surface area contributed by atoms with Crippen LogP contribution in [0, 0.1) is 23.5 Å². The van der Waals surface area contributed by atoms with Crippen LogP contribution in [0.1, 0.15) is 35.3 Å². The molecule has 1 aliphatic carbocycles. The van der Waals surface area contributed by atoms with Gasteiger partial charge in [0.05, 0.1) is 16.4 Å². The van der Waals surface area contributed by atoms with Crippen LogP contribution in [0.25, 0.3) is 10.4 Å². The highest BCUT2D eigenvalue weighted by molar-refractivity contribution is 7.78. The van der Waals surface area contributed by atoms with E-state index < -0.39 is 11.6 Å². The molecule has 0 saturated heterocycles. The van der Waals surface area contributed by atoms with E-state index in [1.54, 1.807) is 30.3 Å². The first-order valence-electron chi connectivity index (χ1n) is 9.58. The summed E-state index contributed by atoms with van der Waals surface area (Å²) < 4.78 is 29.5. The Labute approximate surface area is 183 Å². The molecule has 0 fully saturated rings. The van der Waals surface area contributed by atoms with E-state index in [-0.39, 0.29) is 5.56 Å². The van der Waals surface area contributed by atoms with Crippen LogP contribution in [0.2, 0.25) is 0 Å². The summed E-state index contributed by atoms with van der Waals surface area (Å²) in [6.45, 7) is 0. The van der Waals surface area contributed by atoms with E-state index >= 15 is 0 Å². The summed E-state index contributed by atoms with van der Waals surface area (Å²) in [5.74, 6) is 4.54. The molecule has 3 aromatic rings. The zero-order valence-corrected chi connectivity index (χ0v) is 17.7. The molecule has 1 aromatic heterocycles. The van der Waals surface area contributed by atoms with Crippen LogP contribution in [0.15, 0.2) is 65.2 Å². The van der Waals surface area contributed by atoms with Crippen molar-refractivity contribution in [3.05, 3.63) is 87.8 Å². The minimum absolute atomic E-state index is 0.0135. The minimum atomic E-state index is -0.599. The van der Waals surface area contributed by atoms with Gasteiger partial charge in [-0.3, -0.25) is 0 Å². The predicted octanol–water partition coefficient (Wildman–Crippen LogP) is 7.48. The van der Waals surface area contributed by atoms with Crippen LogP contribution in [0.4, 0.5) is 14.5 Å². The second-order valence-corrected chi connectivity index (χ2v) is 8.36. The van der Waals surface area contributed by atoms with Gasteiger partial charge in [-0.05, 0) is 80.0 Å². The second-order valence-electron chi connectivity index (χ2n) is 7.01. The number of thiocarbonyl (C=S) groups is 1. The summed E-state index contributed by atoms with van der Waals surface area (Å²) in [5, 5.41) is 2.30. The van der Waals surface area contributed by atoms with Crippen molar-refractivity contribution in [3.63, 3.8) is 0 Å². The monoisotopic (exact) mass is 433 g/mol. The lowest BCUT2D eigenvalue weighted by Crippen LogP contribution is -1.90. The lowest BCUT2D eigenvalue weighted by Gasteiger charge is -2.04. The molecule has 1 aliphatic rings. The Morgan fingerprint density at radius 1 is 0.967 bits per heavy atom. The Hall–Kier alpha value is -2.90. The molecule has 30 heavy (non-hydrogen) atoms. The number of nitrogens with zero attached hydrogens (tertiary/aromatic N) is 1. The third kappa shape index (κ3) is 4.80. The molecule has 0 unspecified atom stereocenters. The molecule has 0 N–H and O–H groups in total. The number of hydrogen-bond acceptors (Lipinski definition) is 3. The minimum Gasteiger partial charge on any atom is -0.206 e. The molecule has 5 heteroatoms. The smallest absolute Gasteiger partial charge is 0.136 e. The highest BCUT2D eigenvalue weighted by Gasteiger charge is 2.16. The first-order chi connectivity index (χ1) is 14.6. The van der Waals surface area contributed by atoms with Gasteiger partial charge in [0.2, 0.25) is 0 Å². The molecule has 0 saturated carbocycles. The van der Waals surface area contributed by atoms with Crippen LogP contribution >= 0.6 is 23.6 Å². The van der Waals surface area contributed by atoms with Crippen molar-refractivity contribution in [2.24, 2.45) is 4.99 Å². The van der Waals surface area contributed by atoms with Crippen molar-refractivity contribution >= 4 is 34.4 Å². The van der Waals surface area contributed by atoms with E-state index in [1.165, 1.54) is 35.5 Å². The Balaban J connectivity index is 1.55. The Morgan fingerprint density at radius 3 is 2.37 bits per heavy atom. The topological polar surface area (TPSA) is 12.4 Å². The summed E-state index contributed by atoms with van der Waals surface area (Å²) >= 11 is 6.01. The average Bonchev–Trinajstić information content (AvgIpc) is 3.40. The largest absolute Gasteiger partial charge is 0.206 e. The van der Waals surface area contributed by atoms with Gasteiger partial charge in [-0.15, -0.1) is 11.3 Å². The lowest BCUT2D eigenvalue weighted by atomic mass is 10.1. The summed E-state index contributed by atoms with van der Waals surface area (Å²) in [5.41, 5.74) is 3.11. The quantitative estimate of drug-likeness (QED) is 0.180. The Bertz CT molecular complexity index is 1200. The van der Waals surface area contributed by atoms with Gasteiger partial charge in [0.15, 0.2) is 0 Å². The van der Waals surface area contributed by atoms with Crippen LogP contribution in [0.3, 0.4) is 0 Å². The number of halogens is 2. The number of hydrogen-bond donors (Lipinski definition) is 0. The lowest BCUT2D eigenvalue weighted by molar-refractivity contribution is 0.589. The fraction of sp³-hybridized carbons (Fsp3) is 0.160. The van der Waals surface area contributed by atoms with Crippen LogP contribution in [-0.2, 0) is 6.42 Å². The fourth-order valence-corrected chi connectivity index (χ4v) is 4.64. The van der Waals surface area contributed by atoms with Gasteiger partial charge in [0, 0.05) is 27.3 Å². The maximum Gasteiger partial charge on any atom is 0.136 e. The van der Waals surface area contributed by atoms with E-state index in [9.17, 15) is 8.78 Å². The van der Waals surface area contributed by atoms with E-state index in [4.69, 9.17) is 0 Å². The van der Waals surface area contributed by atoms with Gasteiger partial charge in [0.25, 0.3) is 0 Å². The average molecular weight is 434 g/mol. The van der Waals surface area contributed by atoms with Crippen molar-refractivity contribution in [2.75, 3.05) is 0 Å². The van der Waals surface area contributed by atoms with Crippen molar-refractivity contribution in [1.82, 2.24) is 0 Å². The van der Waals surface area contributed by atoms with E-state index in [0.29, 0.717) is 21.7 Å². The van der Waals surface area contributed by atoms with Crippen molar-refractivity contribution in [3.8, 4) is 22.3 Å². The Kier molecular flexibility index (Phi) is 6.30. The first kappa shape index (κ1) is 20.4. The molecule has 1 nitrogen and oxygen atoms in total. The van der Waals surface area contributed by atoms with Gasteiger partial charge in [-0.2, -0.15) is 4.99 Å². The third-order valence-corrected chi connectivity index (χ3v) is 6.07. The van der Waals surface area contributed by atoms with Crippen molar-refractivity contribution < 1.29 is 8.78 Å². The summed E-state index contributed by atoms with van der Waals surface area (Å²) in [6.07, 6.45) is 6.58. The summed E-state index contributed by atoms with van der Waals surface area (Å²) in [7, 11) is 0. The molecule has 0 bridgehead atoms. The fourth-order valence-electron chi connectivity index (χ4n) is 3.43. The van der Waals surface area contributed by atoms with Crippen LogP contribution in [-0.4, -0.2) is 5.16 Å². The molecule has 0 atom stereocenters. The van der Waals surface area contributed by atoms with Crippen LogP contribution < -0.4 is 0 Å². The van der Waals surface area contributed by atoms with Crippen molar-refractivity contribution in [1.29, 1.82) is 0 Å². The van der Waals surface area contributed by atoms with Crippen LogP contribution in [0.5, 0.6) is 0 Å². The Morgan fingerprint density at radius 2 is 1.70 bits per heavy atom. The first-order valence-corrected chi connectivity index (χ1v) is 10.8. The molecule has 1 heterocycles. The molecule has 0 amide bonds. The van der Waals surface area contributed by atoms with Crippen molar-refractivity contribution in [2.45, 2.75) is 25.7 Å². The standard InChI is InChI=1S/C25H17F2NS2/c26-22-14-19(6-5-17-7-9-20(10-8-17)28-16-29)15-23(27)25(22)24-12-11-21(30-24)13-18-3-1-2-4-18/h3,7-12,14-15H,1-2,4,13H2. The third-order valence-electron chi connectivity index (χ3n) is 4.88. The van der Waals surface area contributed by atoms with Gasteiger partial charge >= 0.3 is 0 Å². The second kappa shape index (κ2) is 9.28. The van der Waals surface area contributed by atoms with Gasteiger partial charge < -0.3 is 0 Å². The number of thiophene rings is 1. The molecule has 0 radical (unpaired) electrons. The zero-order valence-electron chi connectivity index (χ0n) is 16.0. The number of aliphatic imine (C=N–C) groups is 1. The predicted molar refractivity (Wildman–Crippen MR) is 122 cm³/mol. The molecule has 4 rings (SSSR count). The normalized spacial score (nSPS) is 12.7. The highest BCUT2D eigenvalue weighted by Crippen LogP contribution is 2.34. The molecule has 0 aliphatic heterocycles.